The molecule has 0 aliphatic rings. The summed E-state index contributed by atoms with van der Waals surface area (Å²) in [7, 11) is -3.48. The lowest BCUT2D eigenvalue weighted by Crippen LogP contribution is -2.11. The molecule has 0 heterocycles. The maximum atomic E-state index is 11.2. The highest BCUT2D eigenvalue weighted by atomic mass is 32.2. The smallest absolute Gasteiger partial charge is 0.305 e. The molecule has 0 amide bonds. The Morgan fingerprint density at radius 3 is 2.50 bits per heavy atom. The molecule has 0 bridgehead atoms. The quantitative estimate of drug-likeness (QED) is 0.262. The van der Waals surface area contributed by atoms with E-state index in [9.17, 15) is 13.2 Å². The Labute approximate surface area is 109 Å². The average Bonchev–Trinajstić information content (AvgIpc) is 2.34. The predicted octanol–water partition coefficient (Wildman–Crippen LogP) is 1.48. The highest BCUT2D eigenvalue weighted by Gasteiger charge is 2.09. The third-order valence-electron chi connectivity index (χ3n) is 2.16. The first-order valence-electron chi connectivity index (χ1n) is 5.98. The van der Waals surface area contributed by atoms with E-state index < -0.39 is 10.1 Å². The minimum Gasteiger partial charge on any atom is -0.466 e. The van der Waals surface area contributed by atoms with Crippen LogP contribution in [0.25, 0.3) is 0 Å². The van der Waals surface area contributed by atoms with E-state index in [1.165, 1.54) is 0 Å². The second-order valence-corrected chi connectivity index (χ2v) is 5.48. The molecule has 104 valence electrons. The molecule has 0 N–H and O–H groups in total. The zero-order valence-electron chi connectivity index (χ0n) is 10.7. The number of hydrogen-bond acceptors (Lipinski definition) is 5. The van der Waals surface area contributed by atoms with Gasteiger partial charge in [0.05, 0.1) is 12.4 Å². The van der Waals surface area contributed by atoms with Gasteiger partial charge in [0.25, 0.3) is 10.1 Å². The van der Waals surface area contributed by atoms with Crippen LogP contribution in [0.2, 0.25) is 0 Å². The van der Waals surface area contributed by atoms with Gasteiger partial charge in [0.2, 0.25) is 0 Å². The molecule has 0 spiro atoms. The lowest BCUT2D eigenvalue weighted by molar-refractivity contribution is -0.143. The van der Waals surface area contributed by atoms with Crippen molar-refractivity contribution in [2.45, 2.75) is 39.0 Å². The van der Waals surface area contributed by atoms with Crippen LogP contribution in [-0.4, -0.2) is 33.4 Å². The van der Waals surface area contributed by atoms with Crippen LogP contribution in [0, 0.1) is 12.3 Å². The summed E-state index contributed by atoms with van der Waals surface area (Å²) in [6, 6.07) is 0. The van der Waals surface area contributed by atoms with Crippen molar-refractivity contribution >= 4 is 16.1 Å². The zero-order valence-corrected chi connectivity index (χ0v) is 11.5. The fourth-order valence-electron chi connectivity index (χ4n) is 1.21. The van der Waals surface area contributed by atoms with Crippen LogP contribution in [0.1, 0.15) is 39.0 Å². The van der Waals surface area contributed by atoms with Gasteiger partial charge in [-0.2, -0.15) is 8.42 Å². The summed E-state index contributed by atoms with van der Waals surface area (Å²) < 4.78 is 31.8. The van der Waals surface area contributed by atoms with E-state index in [1.54, 1.807) is 6.92 Å². The molecule has 0 rings (SSSR count). The van der Waals surface area contributed by atoms with Gasteiger partial charge in [-0.05, 0) is 12.8 Å². The minimum absolute atomic E-state index is 0.0244. The molecular formula is C12H20O5S. The van der Waals surface area contributed by atoms with E-state index in [4.69, 9.17) is 11.2 Å². The molecule has 0 aromatic rings. The van der Waals surface area contributed by atoms with Gasteiger partial charge in [0.1, 0.15) is 6.61 Å². The molecule has 0 aromatic heterocycles. The van der Waals surface area contributed by atoms with Gasteiger partial charge in [-0.15, -0.1) is 6.42 Å². The standard InChI is InChI=1S/C12H20O5S/c1-3-9-17-18(14,15)11-8-6-5-7-10-16-12(13)4-2/h1H,4-11H2,2H3. The number of hydrogen-bond donors (Lipinski definition) is 0. The average molecular weight is 276 g/mol. The van der Waals surface area contributed by atoms with Gasteiger partial charge >= 0.3 is 5.97 Å². The molecule has 0 saturated carbocycles. The lowest BCUT2D eigenvalue weighted by Gasteiger charge is -2.04. The molecule has 0 aliphatic heterocycles. The van der Waals surface area contributed by atoms with Crippen LogP contribution >= 0.6 is 0 Å². The second kappa shape index (κ2) is 9.92. The van der Waals surface area contributed by atoms with Crippen LogP contribution in [0.3, 0.4) is 0 Å². The number of esters is 1. The largest absolute Gasteiger partial charge is 0.466 e. The van der Waals surface area contributed by atoms with Crippen molar-refractivity contribution in [3.63, 3.8) is 0 Å². The molecule has 0 aliphatic carbocycles. The Morgan fingerprint density at radius 2 is 1.89 bits per heavy atom. The summed E-state index contributed by atoms with van der Waals surface area (Å²) >= 11 is 0. The van der Waals surface area contributed by atoms with Crippen LogP contribution in [0.15, 0.2) is 0 Å². The Bertz CT molecular complexity index is 366. The molecular weight excluding hydrogens is 256 g/mol. The number of carbonyl (C=O) groups is 1. The van der Waals surface area contributed by atoms with Crippen LogP contribution in [0.5, 0.6) is 0 Å². The van der Waals surface area contributed by atoms with Gasteiger partial charge in [-0.1, -0.05) is 25.7 Å². The van der Waals surface area contributed by atoms with E-state index in [1.807, 2.05) is 0 Å². The third kappa shape index (κ3) is 10.1. The third-order valence-corrected chi connectivity index (χ3v) is 3.43. The summed E-state index contributed by atoms with van der Waals surface area (Å²) in [5.74, 6) is 1.88. The molecule has 6 heteroatoms. The van der Waals surface area contributed by atoms with Crippen LogP contribution in [0.4, 0.5) is 0 Å². The minimum atomic E-state index is -3.48. The number of carbonyl (C=O) groups excluding carboxylic acids is 1. The molecule has 0 unspecified atom stereocenters. The summed E-state index contributed by atoms with van der Waals surface area (Å²) in [6.45, 7) is 1.92. The predicted molar refractivity (Wildman–Crippen MR) is 68.3 cm³/mol. The fourth-order valence-corrected chi connectivity index (χ4v) is 2.13. The van der Waals surface area contributed by atoms with Gasteiger partial charge in [-0.25, -0.2) is 0 Å². The topological polar surface area (TPSA) is 69.7 Å². The van der Waals surface area contributed by atoms with E-state index in [0.717, 1.165) is 19.3 Å². The Morgan fingerprint density at radius 1 is 1.22 bits per heavy atom. The maximum absolute atomic E-state index is 11.2. The van der Waals surface area contributed by atoms with Crippen molar-refractivity contribution in [3.8, 4) is 12.3 Å². The summed E-state index contributed by atoms with van der Waals surface area (Å²) in [5, 5.41) is 0. The molecule has 0 atom stereocenters. The van der Waals surface area contributed by atoms with Crippen LogP contribution in [-0.2, 0) is 23.8 Å². The highest BCUT2D eigenvalue weighted by Crippen LogP contribution is 2.04. The van der Waals surface area contributed by atoms with Crippen molar-refractivity contribution < 1.29 is 22.1 Å². The second-order valence-electron chi connectivity index (χ2n) is 3.72. The van der Waals surface area contributed by atoms with E-state index in [0.29, 0.717) is 19.4 Å². The number of unbranched alkanes of at least 4 members (excludes halogenated alkanes) is 3. The lowest BCUT2D eigenvalue weighted by atomic mass is 10.2. The van der Waals surface area contributed by atoms with Crippen molar-refractivity contribution in [1.29, 1.82) is 0 Å². The highest BCUT2D eigenvalue weighted by molar-refractivity contribution is 7.86. The Kier molecular flexibility index (Phi) is 9.33. The van der Waals surface area contributed by atoms with Crippen molar-refractivity contribution in [2.75, 3.05) is 19.0 Å². The SMILES string of the molecule is C#CCOS(=O)(=O)CCCCCCOC(=O)CC. The monoisotopic (exact) mass is 276 g/mol. The molecule has 0 radical (unpaired) electrons. The van der Waals surface area contributed by atoms with E-state index in [2.05, 4.69) is 10.1 Å². The van der Waals surface area contributed by atoms with E-state index in [-0.39, 0.29) is 18.3 Å². The maximum Gasteiger partial charge on any atom is 0.305 e. The molecule has 0 aromatic carbocycles. The van der Waals surface area contributed by atoms with Crippen molar-refractivity contribution in [3.05, 3.63) is 0 Å². The van der Waals surface area contributed by atoms with Crippen LogP contribution < -0.4 is 0 Å². The van der Waals surface area contributed by atoms with E-state index >= 15 is 0 Å². The summed E-state index contributed by atoms with van der Waals surface area (Å²) in [4.78, 5) is 10.8. The molecule has 5 nitrogen and oxygen atoms in total. The molecule has 18 heavy (non-hydrogen) atoms. The first-order valence-corrected chi connectivity index (χ1v) is 7.55. The molecule has 0 saturated heterocycles. The Balaban J connectivity index is 3.46. The van der Waals surface area contributed by atoms with Crippen molar-refractivity contribution in [1.82, 2.24) is 0 Å². The normalized spacial score (nSPS) is 10.9. The first kappa shape index (κ1) is 16.9. The van der Waals surface area contributed by atoms with Gasteiger partial charge in [-0.3, -0.25) is 8.98 Å². The fraction of sp³-hybridized carbons (Fsp3) is 0.750. The van der Waals surface area contributed by atoms with Crippen molar-refractivity contribution in [2.24, 2.45) is 0 Å². The zero-order chi connectivity index (χ0) is 13.9. The Hall–Kier alpha value is -1.06. The van der Waals surface area contributed by atoms with Gasteiger partial charge in [0.15, 0.2) is 0 Å². The summed E-state index contributed by atoms with van der Waals surface area (Å²) in [5.41, 5.74) is 0. The number of terminal acetylenes is 1. The molecule has 0 fully saturated rings. The van der Waals surface area contributed by atoms with Gasteiger partial charge < -0.3 is 4.74 Å². The first-order chi connectivity index (χ1) is 8.52. The summed E-state index contributed by atoms with van der Waals surface area (Å²) in [6.07, 6.45) is 8.12. The number of ether oxygens (including phenoxy) is 1. The number of rotatable bonds is 10. The van der Waals surface area contributed by atoms with Gasteiger partial charge in [0, 0.05) is 6.42 Å².